The molecule has 2 aromatic carbocycles. The van der Waals surface area contributed by atoms with Crippen molar-refractivity contribution in [2.75, 3.05) is 0 Å². The van der Waals surface area contributed by atoms with Crippen LogP contribution >= 0.6 is 0 Å². The number of ketones is 1. The van der Waals surface area contributed by atoms with Gasteiger partial charge in [0.15, 0.2) is 5.82 Å². The molecule has 8 heteroatoms. The highest BCUT2D eigenvalue weighted by Gasteiger charge is 2.31. The number of carbonyl (C=O) groups is 1. The maximum Gasteiger partial charge on any atom is 0.294 e. The Hall–Kier alpha value is -2.84. The van der Waals surface area contributed by atoms with E-state index in [1.54, 1.807) is 24.3 Å². The summed E-state index contributed by atoms with van der Waals surface area (Å²) in [5, 5.41) is 0.357. The number of benzene rings is 2. The third kappa shape index (κ3) is 1.85. The zero-order chi connectivity index (χ0) is 16.4. The summed E-state index contributed by atoms with van der Waals surface area (Å²) in [4.78, 5) is 28.9. The predicted molar refractivity (Wildman–Crippen MR) is 80.6 cm³/mol. The average molecular weight is 328 g/mol. The second kappa shape index (κ2) is 4.34. The lowest BCUT2D eigenvalue weighted by molar-refractivity contribution is 0.103. The van der Waals surface area contributed by atoms with Crippen molar-refractivity contribution in [3.05, 3.63) is 64.2 Å². The topological polar surface area (TPSA) is 106 Å². The molecule has 1 aliphatic heterocycles. The number of aromatic nitrogens is 2. The summed E-state index contributed by atoms with van der Waals surface area (Å²) >= 11 is 0. The van der Waals surface area contributed by atoms with Crippen molar-refractivity contribution in [2.24, 2.45) is 0 Å². The van der Waals surface area contributed by atoms with Gasteiger partial charge in [-0.1, -0.05) is 12.1 Å². The Morgan fingerprint density at radius 3 is 2.52 bits per heavy atom. The van der Waals surface area contributed by atoms with Crippen LogP contribution in [0.3, 0.4) is 0 Å². The maximum absolute atomic E-state index is 12.6. The monoisotopic (exact) mass is 328 g/mol. The van der Waals surface area contributed by atoms with Crippen molar-refractivity contribution >= 4 is 26.8 Å². The summed E-state index contributed by atoms with van der Waals surface area (Å²) in [6.45, 7) is 0. The van der Waals surface area contributed by atoms with Crippen molar-refractivity contribution in [3.8, 4) is 5.69 Å². The molecule has 0 saturated carbocycles. The first kappa shape index (κ1) is 13.8. The van der Waals surface area contributed by atoms with E-state index in [-0.39, 0.29) is 17.1 Å². The summed E-state index contributed by atoms with van der Waals surface area (Å²) < 4.78 is 32.7. The Bertz CT molecular complexity index is 1180. The van der Waals surface area contributed by atoms with Gasteiger partial charge in [0.05, 0.1) is 27.0 Å². The van der Waals surface area contributed by atoms with E-state index >= 15 is 0 Å². The fraction of sp³-hybridized carbons (Fsp3) is 0. The van der Waals surface area contributed by atoms with Gasteiger partial charge in [-0.05, 0) is 30.3 Å². The molecule has 0 aliphatic carbocycles. The molecular weight excluding hydrogens is 320 g/mol. The summed E-state index contributed by atoms with van der Waals surface area (Å²) in [6, 6.07) is 10.1. The van der Waals surface area contributed by atoms with E-state index in [1.165, 1.54) is 6.07 Å². The third-order valence-electron chi connectivity index (χ3n) is 3.73. The molecule has 0 unspecified atom stereocenters. The minimum Gasteiger partial charge on any atom is -0.285 e. The van der Waals surface area contributed by atoms with Crippen LogP contribution in [0.25, 0.3) is 16.6 Å². The van der Waals surface area contributed by atoms with Crippen molar-refractivity contribution in [2.45, 2.75) is 4.90 Å². The van der Waals surface area contributed by atoms with Crippen LogP contribution < -0.4 is 5.56 Å². The van der Waals surface area contributed by atoms with Gasteiger partial charge in [0.1, 0.15) is 0 Å². The smallest absolute Gasteiger partial charge is 0.285 e. The van der Waals surface area contributed by atoms with Crippen LogP contribution in [0.1, 0.15) is 16.2 Å². The highest BCUT2D eigenvalue weighted by atomic mass is 32.2. The molecule has 2 heterocycles. The number of para-hydroxylation sites is 1. The summed E-state index contributed by atoms with van der Waals surface area (Å²) in [5.41, 5.74) is 0.248. The lowest BCUT2D eigenvalue weighted by Gasteiger charge is -2.05. The van der Waals surface area contributed by atoms with Gasteiger partial charge in [0.25, 0.3) is 15.7 Å². The number of rotatable bonds is 1. The van der Waals surface area contributed by atoms with Gasteiger partial charge in [-0.25, -0.2) is 4.98 Å². The number of carbonyl (C=O) groups excluding carboxylic acids is 1. The molecule has 23 heavy (non-hydrogen) atoms. The van der Waals surface area contributed by atoms with Crippen LogP contribution in [-0.4, -0.2) is 28.3 Å². The second-order valence-corrected chi connectivity index (χ2v) is 6.50. The number of nitrogens with zero attached hydrogens (tertiary/aromatic N) is 2. The van der Waals surface area contributed by atoms with Crippen LogP contribution in [0.15, 0.2) is 52.2 Å². The molecule has 1 N–H and O–H groups in total. The van der Waals surface area contributed by atoms with Gasteiger partial charge in [-0.15, -0.1) is 0 Å². The van der Waals surface area contributed by atoms with E-state index in [2.05, 4.69) is 4.98 Å². The van der Waals surface area contributed by atoms with Gasteiger partial charge in [-0.3, -0.25) is 18.7 Å². The van der Waals surface area contributed by atoms with Gasteiger partial charge < -0.3 is 0 Å². The molecule has 114 valence electrons. The van der Waals surface area contributed by atoms with E-state index in [0.717, 1.165) is 16.7 Å². The quantitative estimate of drug-likeness (QED) is 0.526. The minimum atomic E-state index is -4.44. The molecule has 3 aromatic rings. The van der Waals surface area contributed by atoms with E-state index in [9.17, 15) is 18.0 Å². The average Bonchev–Trinajstić information content (AvgIpc) is 2.80. The standard InChI is InChI=1S/C15H8N2O5S/c18-13-10-7-8(23(20,21)22)5-6-12(10)17-14(13)16-11-4-2-1-3-9(11)15(17)19/h1-7H,(H,20,21,22). The minimum absolute atomic E-state index is 0.0139. The predicted octanol–water partition coefficient (Wildman–Crippen LogP) is 1.18. The van der Waals surface area contributed by atoms with Gasteiger partial charge in [0, 0.05) is 0 Å². The van der Waals surface area contributed by atoms with E-state index in [1.807, 2.05) is 0 Å². The maximum atomic E-state index is 12.6. The molecule has 0 atom stereocenters. The van der Waals surface area contributed by atoms with Gasteiger partial charge in [0.2, 0.25) is 5.78 Å². The summed E-state index contributed by atoms with van der Waals surface area (Å²) in [6.07, 6.45) is 0. The molecule has 0 spiro atoms. The van der Waals surface area contributed by atoms with Crippen LogP contribution in [-0.2, 0) is 10.1 Å². The van der Waals surface area contributed by atoms with Crippen molar-refractivity contribution < 1.29 is 17.8 Å². The van der Waals surface area contributed by atoms with Crippen LogP contribution in [0.5, 0.6) is 0 Å². The number of fused-ring (bicyclic) bond motifs is 4. The fourth-order valence-electron chi connectivity index (χ4n) is 2.68. The molecule has 0 saturated heterocycles. The first-order valence-corrected chi connectivity index (χ1v) is 8.00. The van der Waals surface area contributed by atoms with Gasteiger partial charge >= 0.3 is 0 Å². The van der Waals surface area contributed by atoms with Crippen LogP contribution in [0, 0.1) is 0 Å². The van der Waals surface area contributed by atoms with E-state index < -0.39 is 26.4 Å². The zero-order valence-electron chi connectivity index (χ0n) is 11.4. The summed E-state index contributed by atoms with van der Waals surface area (Å²) in [7, 11) is -4.44. The van der Waals surface area contributed by atoms with E-state index in [0.29, 0.717) is 10.9 Å². The number of hydrogen-bond donors (Lipinski definition) is 1. The van der Waals surface area contributed by atoms with Gasteiger partial charge in [-0.2, -0.15) is 8.42 Å². The molecule has 0 radical (unpaired) electrons. The largest absolute Gasteiger partial charge is 0.294 e. The second-order valence-electron chi connectivity index (χ2n) is 5.08. The lowest BCUT2D eigenvalue weighted by atomic mass is 10.1. The molecule has 0 amide bonds. The molecule has 0 bridgehead atoms. The highest BCUT2D eigenvalue weighted by Crippen LogP contribution is 2.28. The molecule has 7 nitrogen and oxygen atoms in total. The van der Waals surface area contributed by atoms with E-state index in [4.69, 9.17) is 4.55 Å². The van der Waals surface area contributed by atoms with Crippen molar-refractivity contribution in [1.29, 1.82) is 0 Å². The Morgan fingerprint density at radius 2 is 1.78 bits per heavy atom. The summed E-state index contributed by atoms with van der Waals surface area (Å²) in [5.74, 6) is -0.635. The molecular formula is C15H8N2O5S. The van der Waals surface area contributed by atoms with Crippen LogP contribution in [0.4, 0.5) is 0 Å². The Balaban J connectivity index is 2.10. The first-order valence-electron chi connectivity index (χ1n) is 6.56. The first-order chi connectivity index (χ1) is 10.9. The SMILES string of the molecule is O=C1c2cc(S(=O)(=O)O)ccc2-n2c1nc1ccccc1c2=O. The third-order valence-corrected chi connectivity index (χ3v) is 4.58. The normalized spacial score (nSPS) is 13.2. The Morgan fingerprint density at radius 1 is 1.04 bits per heavy atom. The Labute approximate surface area is 129 Å². The highest BCUT2D eigenvalue weighted by molar-refractivity contribution is 7.85. The lowest BCUT2D eigenvalue weighted by Crippen LogP contribution is -2.21. The molecule has 1 aromatic heterocycles. The van der Waals surface area contributed by atoms with Crippen molar-refractivity contribution in [3.63, 3.8) is 0 Å². The molecule has 4 rings (SSSR count). The van der Waals surface area contributed by atoms with Crippen molar-refractivity contribution in [1.82, 2.24) is 9.55 Å². The zero-order valence-corrected chi connectivity index (χ0v) is 12.2. The Kier molecular flexibility index (Phi) is 2.60. The molecule has 0 fully saturated rings. The number of hydrogen-bond acceptors (Lipinski definition) is 5. The fourth-order valence-corrected chi connectivity index (χ4v) is 3.19. The molecule has 1 aliphatic rings. The van der Waals surface area contributed by atoms with Crippen LogP contribution in [0.2, 0.25) is 0 Å².